The molecule has 1 unspecified atom stereocenters. The number of hydrogen-bond acceptors (Lipinski definition) is 3. The molecule has 0 aliphatic carbocycles. The molecule has 0 saturated heterocycles. The third-order valence-electron chi connectivity index (χ3n) is 2.57. The molecule has 1 atom stereocenters. The Bertz CT molecular complexity index is 453. The normalized spacial score (nSPS) is 13.2. The summed E-state index contributed by atoms with van der Waals surface area (Å²) >= 11 is 1.62. The Morgan fingerprint density at radius 1 is 1.53 bits per heavy atom. The van der Waals surface area contributed by atoms with Crippen molar-refractivity contribution in [2.75, 3.05) is 0 Å². The smallest absolute Gasteiger partial charge is 0.303 e. The summed E-state index contributed by atoms with van der Waals surface area (Å²) in [5.41, 5.74) is 1.16. The van der Waals surface area contributed by atoms with Gasteiger partial charge in [-0.15, -0.1) is 0 Å². The van der Waals surface area contributed by atoms with E-state index in [1.54, 1.807) is 11.3 Å². The first-order chi connectivity index (χ1) is 8.18. The van der Waals surface area contributed by atoms with Crippen LogP contribution >= 0.6 is 11.3 Å². The van der Waals surface area contributed by atoms with Gasteiger partial charge in [-0.25, -0.2) is 4.98 Å². The molecule has 0 saturated carbocycles. The Labute approximate surface area is 102 Å². The van der Waals surface area contributed by atoms with E-state index in [2.05, 4.69) is 10.3 Å². The van der Waals surface area contributed by atoms with E-state index in [1.165, 1.54) is 12.4 Å². The Morgan fingerprint density at radius 3 is 3.00 bits per heavy atom. The molecule has 0 aliphatic rings. The van der Waals surface area contributed by atoms with Crippen LogP contribution in [0.5, 0.6) is 0 Å². The number of thiophene rings is 1. The highest BCUT2D eigenvalue weighted by Gasteiger charge is 2.12. The summed E-state index contributed by atoms with van der Waals surface area (Å²) in [5.74, 6) is 0.349. The maximum Gasteiger partial charge on any atom is 0.319 e. The van der Waals surface area contributed by atoms with Gasteiger partial charge in [-0.3, -0.25) is 4.57 Å². The van der Waals surface area contributed by atoms with Crippen molar-refractivity contribution in [3.63, 3.8) is 0 Å². The molecule has 0 aliphatic heterocycles. The highest BCUT2D eigenvalue weighted by Crippen LogP contribution is 2.17. The van der Waals surface area contributed by atoms with Crippen molar-refractivity contribution >= 4 is 11.3 Å². The van der Waals surface area contributed by atoms with Gasteiger partial charge in [-0.1, -0.05) is 0 Å². The first-order valence-corrected chi connectivity index (χ1v) is 6.18. The van der Waals surface area contributed by atoms with Gasteiger partial charge in [0.05, 0.1) is 6.54 Å². The second-order valence-corrected chi connectivity index (χ2v) is 4.47. The summed E-state index contributed by atoms with van der Waals surface area (Å²) in [6.45, 7) is -0.211. The van der Waals surface area contributed by atoms with Crippen LogP contribution in [0, 0.1) is 0 Å². The number of imidazole rings is 1. The fraction of sp³-hybridized carbons (Fsp3) is 0.364. The van der Waals surface area contributed by atoms with Gasteiger partial charge >= 0.3 is 6.55 Å². The van der Waals surface area contributed by atoms with Crippen LogP contribution in [-0.4, -0.2) is 9.55 Å². The lowest BCUT2D eigenvalue weighted by atomic mass is 10.2. The number of alkyl halides is 2. The molecule has 92 valence electrons. The van der Waals surface area contributed by atoms with Crippen molar-refractivity contribution in [3.8, 4) is 0 Å². The molecule has 3 nitrogen and oxygen atoms in total. The topological polar surface area (TPSA) is 29.9 Å². The van der Waals surface area contributed by atoms with E-state index in [0.717, 1.165) is 10.1 Å². The van der Waals surface area contributed by atoms with Gasteiger partial charge in [0.1, 0.15) is 5.82 Å². The number of rotatable bonds is 5. The van der Waals surface area contributed by atoms with E-state index in [0.29, 0.717) is 12.4 Å². The molecule has 2 rings (SSSR count). The van der Waals surface area contributed by atoms with E-state index in [9.17, 15) is 8.78 Å². The largest absolute Gasteiger partial charge is 0.319 e. The second-order valence-electron chi connectivity index (χ2n) is 3.69. The molecule has 6 heteroatoms. The van der Waals surface area contributed by atoms with Crippen LogP contribution < -0.4 is 5.32 Å². The van der Waals surface area contributed by atoms with Gasteiger partial charge in [0.25, 0.3) is 0 Å². The molecule has 0 spiro atoms. The third kappa shape index (κ3) is 2.89. The predicted molar refractivity (Wildman–Crippen MR) is 63.1 cm³/mol. The minimum atomic E-state index is -2.54. The zero-order valence-electron chi connectivity index (χ0n) is 9.31. The first kappa shape index (κ1) is 12.2. The van der Waals surface area contributed by atoms with Crippen LogP contribution in [0.4, 0.5) is 8.78 Å². The van der Waals surface area contributed by atoms with Crippen LogP contribution in [0.3, 0.4) is 0 Å². The third-order valence-corrected chi connectivity index (χ3v) is 3.27. The van der Waals surface area contributed by atoms with Crippen LogP contribution in [-0.2, 0) is 6.54 Å². The highest BCUT2D eigenvalue weighted by molar-refractivity contribution is 7.07. The summed E-state index contributed by atoms with van der Waals surface area (Å²) < 4.78 is 26.0. The lowest BCUT2D eigenvalue weighted by molar-refractivity contribution is 0.0665. The van der Waals surface area contributed by atoms with Crippen molar-refractivity contribution in [2.45, 2.75) is 26.1 Å². The quantitative estimate of drug-likeness (QED) is 0.891. The van der Waals surface area contributed by atoms with Gasteiger partial charge in [-0.05, 0) is 29.3 Å². The van der Waals surface area contributed by atoms with Crippen molar-refractivity contribution in [1.82, 2.24) is 14.9 Å². The van der Waals surface area contributed by atoms with Crippen molar-refractivity contribution in [1.29, 1.82) is 0 Å². The van der Waals surface area contributed by atoms with E-state index in [-0.39, 0.29) is 6.04 Å². The number of nitrogens with one attached hydrogen (secondary N) is 1. The fourth-order valence-electron chi connectivity index (χ4n) is 1.54. The summed E-state index contributed by atoms with van der Waals surface area (Å²) in [6, 6.07) is 2.14. The number of halogens is 2. The number of nitrogens with zero attached hydrogens (tertiary/aromatic N) is 2. The maximum atomic E-state index is 12.6. The first-order valence-electron chi connectivity index (χ1n) is 5.24. The molecule has 0 bridgehead atoms. The SMILES string of the molecule is CC(NCc1nccn1C(F)F)c1ccsc1. The summed E-state index contributed by atoms with van der Waals surface area (Å²) in [6.07, 6.45) is 2.68. The lowest BCUT2D eigenvalue weighted by Gasteiger charge is -2.13. The fourth-order valence-corrected chi connectivity index (χ4v) is 2.30. The van der Waals surface area contributed by atoms with E-state index >= 15 is 0 Å². The molecule has 0 amide bonds. The molecule has 0 radical (unpaired) electrons. The van der Waals surface area contributed by atoms with Gasteiger partial charge in [0.2, 0.25) is 0 Å². The number of aromatic nitrogens is 2. The number of hydrogen-bond donors (Lipinski definition) is 1. The van der Waals surface area contributed by atoms with Crippen molar-refractivity contribution < 1.29 is 8.78 Å². The van der Waals surface area contributed by atoms with Crippen LogP contribution in [0.1, 0.15) is 30.9 Å². The Hall–Kier alpha value is -1.27. The molecule has 0 fully saturated rings. The van der Waals surface area contributed by atoms with Gasteiger partial charge < -0.3 is 5.32 Å². The molecule has 2 aromatic rings. The van der Waals surface area contributed by atoms with Crippen LogP contribution in [0.25, 0.3) is 0 Å². The molecule has 2 heterocycles. The molecular formula is C11H13F2N3S. The molecule has 2 aromatic heterocycles. The predicted octanol–water partition coefficient (Wildman–Crippen LogP) is 3.19. The maximum absolute atomic E-state index is 12.6. The lowest BCUT2D eigenvalue weighted by Crippen LogP contribution is -2.20. The average Bonchev–Trinajstić information content (AvgIpc) is 2.96. The zero-order chi connectivity index (χ0) is 12.3. The van der Waals surface area contributed by atoms with E-state index in [1.807, 2.05) is 23.8 Å². The van der Waals surface area contributed by atoms with Gasteiger partial charge in [-0.2, -0.15) is 20.1 Å². The summed E-state index contributed by atoms with van der Waals surface area (Å²) in [4.78, 5) is 3.91. The monoisotopic (exact) mass is 257 g/mol. The average molecular weight is 257 g/mol. The minimum Gasteiger partial charge on any atom is -0.303 e. The van der Waals surface area contributed by atoms with Gasteiger partial charge in [0.15, 0.2) is 0 Å². The Balaban J connectivity index is 1.96. The Kier molecular flexibility index (Phi) is 3.86. The summed E-state index contributed by atoms with van der Waals surface area (Å²) in [5, 5.41) is 7.21. The van der Waals surface area contributed by atoms with E-state index < -0.39 is 6.55 Å². The molecular weight excluding hydrogens is 244 g/mol. The summed E-state index contributed by atoms with van der Waals surface area (Å²) in [7, 11) is 0. The minimum absolute atomic E-state index is 0.129. The van der Waals surface area contributed by atoms with Crippen LogP contribution in [0.2, 0.25) is 0 Å². The standard InChI is InChI=1S/C11H13F2N3S/c1-8(9-2-5-17-7-9)15-6-10-14-3-4-16(10)11(12)13/h2-5,7-8,11,15H,6H2,1H3. The van der Waals surface area contributed by atoms with Crippen LogP contribution in [0.15, 0.2) is 29.2 Å². The van der Waals surface area contributed by atoms with Gasteiger partial charge in [0, 0.05) is 18.4 Å². The highest BCUT2D eigenvalue weighted by atomic mass is 32.1. The Morgan fingerprint density at radius 2 is 2.35 bits per heavy atom. The van der Waals surface area contributed by atoms with Crippen molar-refractivity contribution in [3.05, 3.63) is 40.6 Å². The molecule has 1 N–H and O–H groups in total. The second kappa shape index (κ2) is 5.37. The van der Waals surface area contributed by atoms with E-state index in [4.69, 9.17) is 0 Å². The molecule has 0 aromatic carbocycles. The zero-order valence-corrected chi connectivity index (χ0v) is 10.1. The van der Waals surface area contributed by atoms with Crippen molar-refractivity contribution in [2.24, 2.45) is 0 Å². The molecule has 17 heavy (non-hydrogen) atoms.